The summed E-state index contributed by atoms with van der Waals surface area (Å²) in [6.45, 7) is 9.28. The molecule has 2 N–H and O–H groups in total. The fraction of sp³-hybridized carbons (Fsp3) is 0.562. The standard InChI is InChI=1S/C16H26N4O2/c1-5-20(6-2)16(22)19-14(12(3)4)15(21)18-11-13-8-7-9-17-10-13/h7-10,12,14H,5-6,11H2,1-4H3,(H,18,21)(H,19,22)/t14-/m1/s1. The number of nitrogens with zero attached hydrogens (tertiary/aromatic N) is 2. The molecule has 6 heteroatoms. The molecular formula is C16H26N4O2. The van der Waals surface area contributed by atoms with Gasteiger partial charge in [0.15, 0.2) is 0 Å². The Morgan fingerprint density at radius 2 is 1.95 bits per heavy atom. The average molecular weight is 306 g/mol. The van der Waals surface area contributed by atoms with E-state index in [1.807, 2.05) is 39.8 Å². The number of aromatic nitrogens is 1. The van der Waals surface area contributed by atoms with Gasteiger partial charge in [0.25, 0.3) is 0 Å². The third-order valence-corrected chi connectivity index (χ3v) is 3.47. The van der Waals surface area contributed by atoms with Gasteiger partial charge in [-0.1, -0.05) is 19.9 Å². The molecule has 0 radical (unpaired) electrons. The molecule has 0 aliphatic carbocycles. The van der Waals surface area contributed by atoms with Crippen molar-refractivity contribution in [1.29, 1.82) is 0 Å². The third kappa shape index (κ3) is 5.35. The van der Waals surface area contributed by atoms with Gasteiger partial charge >= 0.3 is 6.03 Å². The minimum atomic E-state index is -0.551. The number of nitrogens with one attached hydrogen (secondary N) is 2. The van der Waals surface area contributed by atoms with Crippen LogP contribution in [0.3, 0.4) is 0 Å². The lowest BCUT2D eigenvalue weighted by Crippen LogP contribution is -2.53. The maximum absolute atomic E-state index is 12.3. The predicted octanol–water partition coefficient (Wildman–Crippen LogP) is 1.77. The minimum Gasteiger partial charge on any atom is -0.350 e. The lowest BCUT2D eigenvalue weighted by Gasteiger charge is -2.26. The van der Waals surface area contributed by atoms with Crippen LogP contribution in [0.1, 0.15) is 33.3 Å². The van der Waals surface area contributed by atoms with Crippen LogP contribution in [0.2, 0.25) is 0 Å². The third-order valence-electron chi connectivity index (χ3n) is 3.47. The van der Waals surface area contributed by atoms with E-state index in [0.717, 1.165) is 5.56 Å². The Labute approximate surface area is 132 Å². The molecule has 0 spiro atoms. The molecule has 0 saturated carbocycles. The van der Waals surface area contributed by atoms with Crippen LogP contribution >= 0.6 is 0 Å². The van der Waals surface area contributed by atoms with Gasteiger partial charge in [0, 0.05) is 32.0 Å². The van der Waals surface area contributed by atoms with Crippen molar-refractivity contribution in [3.05, 3.63) is 30.1 Å². The van der Waals surface area contributed by atoms with E-state index in [-0.39, 0.29) is 17.9 Å². The molecular weight excluding hydrogens is 280 g/mol. The molecule has 0 saturated heterocycles. The molecule has 3 amide bonds. The van der Waals surface area contributed by atoms with Crippen LogP contribution in [0.15, 0.2) is 24.5 Å². The van der Waals surface area contributed by atoms with Gasteiger partial charge in [-0.25, -0.2) is 4.79 Å². The lowest BCUT2D eigenvalue weighted by atomic mass is 10.0. The monoisotopic (exact) mass is 306 g/mol. The second-order valence-electron chi connectivity index (χ2n) is 5.42. The highest BCUT2D eigenvalue weighted by Gasteiger charge is 2.25. The first-order valence-corrected chi connectivity index (χ1v) is 7.71. The van der Waals surface area contributed by atoms with Crippen LogP contribution < -0.4 is 10.6 Å². The number of urea groups is 1. The van der Waals surface area contributed by atoms with Crippen molar-refractivity contribution in [3.8, 4) is 0 Å². The van der Waals surface area contributed by atoms with Gasteiger partial charge in [0.1, 0.15) is 6.04 Å². The highest BCUT2D eigenvalue weighted by atomic mass is 16.2. The molecule has 1 aromatic rings. The normalized spacial score (nSPS) is 11.9. The fourth-order valence-corrected chi connectivity index (χ4v) is 2.07. The predicted molar refractivity (Wildman–Crippen MR) is 86.2 cm³/mol. The van der Waals surface area contributed by atoms with Crippen molar-refractivity contribution >= 4 is 11.9 Å². The molecule has 1 aromatic heterocycles. The molecule has 0 unspecified atom stereocenters. The summed E-state index contributed by atoms with van der Waals surface area (Å²) in [6, 6.07) is 2.96. The van der Waals surface area contributed by atoms with Crippen LogP contribution in [0, 0.1) is 5.92 Å². The van der Waals surface area contributed by atoms with Gasteiger partial charge in [-0.2, -0.15) is 0 Å². The summed E-state index contributed by atoms with van der Waals surface area (Å²) in [5.41, 5.74) is 0.924. The van der Waals surface area contributed by atoms with Crippen molar-refractivity contribution in [2.45, 2.75) is 40.3 Å². The number of pyridine rings is 1. The van der Waals surface area contributed by atoms with Crippen LogP contribution in [-0.2, 0) is 11.3 Å². The number of hydrogen-bond acceptors (Lipinski definition) is 3. The smallest absolute Gasteiger partial charge is 0.318 e. The Balaban J connectivity index is 2.62. The van der Waals surface area contributed by atoms with Gasteiger partial charge < -0.3 is 15.5 Å². The molecule has 1 rings (SSSR count). The molecule has 1 atom stereocenters. The van der Waals surface area contributed by atoms with E-state index < -0.39 is 6.04 Å². The van der Waals surface area contributed by atoms with Crippen molar-refractivity contribution in [1.82, 2.24) is 20.5 Å². The SMILES string of the molecule is CCN(CC)C(=O)N[C@@H](C(=O)NCc1cccnc1)C(C)C. The molecule has 22 heavy (non-hydrogen) atoms. The minimum absolute atomic E-state index is 0.00779. The summed E-state index contributed by atoms with van der Waals surface area (Å²) in [4.78, 5) is 30.1. The summed E-state index contributed by atoms with van der Waals surface area (Å²) < 4.78 is 0. The van der Waals surface area contributed by atoms with E-state index in [9.17, 15) is 9.59 Å². The van der Waals surface area contributed by atoms with Gasteiger partial charge in [-0.15, -0.1) is 0 Å². The zero-order chi connectivity index (χ0) is 16.5. The van der Waals surface area contributed by atoms with Crippen LogP contribution in [-0.4, -0.2) is 41.0 Å². The molecule has 1 heterocycles. The van der Waals surface area contributed by atoms with E-state index in [0.29, 0.717) is 19.6 Å². The van der Waals surface area contributed by atoms with Gasteiger partial charge in [0.2, 0.25) is 5.91 Å². The molecule has 0 aliphatic rings. The second-order valence-corrected chi connectivity index (χ2v) is 5.42. The number of amides is 3. The number of rotatable bonds is 7. The van der Waals surface area contributed by atoms with Crippen molar-refractivity contribution in [2.24, 2.45) is 5.92 Å². The Bertz CT molecular complexity index is 472. The van der Waals surface area contributed by atoms with Crippen LogP contribution in [0.5, 0.6) is 0 Å². The summed E-state index contributed by atoms with van der Waals surface area (Å²) in [5, 5.41) is 5.66. The summed E-state index contributed by atoms with van der Waals surface area (Å²) >= 11 is 0. The van der Waals surface area contributed by atoms with Gasteiger partial charge in [0.05, 0.1) is 0 Å². The van der Waals surface area contributed by atoms with Crippen LogP contribution in [0.4, 0.5) is 4.79 Å². The maximum atomic E-state index is 12.3. The molecule has 6 nitrogen and oxygen atoms in total. The topological polar surface area (TPSA) is 74.3 Å². The van der Waals surface area contributed by atoms with E-state index in [1.54, 1.807) is 17.3 Å². The van der Waals surface area contributed by atoms with Crippen molar-refractivity contribution in [2.75, 3.05) is 13.1 Å². The summed E-state index contributed by atoms with van der Waals surface area (Å²) in [7, 11) is 0. The highest BCUT2D eigenvalue weighted by molar-refractivity contribution is 5.87. The van der Waals surface area contributed by atoms with Gasteiger partial charge in [-0.05, 0) is 31.4 Å². The maximum Gasteiger partial charge on any atom is 0.318 e. The summed E-state index contributed by atoms with van der Waals surface area (Å²) in [5.74, 6) is -0.173. The zero-order valence-corrected chi connectivity index (χ0v) is 13.8. The van der Waals surface area contributed by atoms with E-state index >= 15 is 0 Å². The van der Waals surface area contributed by atoms with Crippen molar-refractivity contribution < 1.29 is 9.59 Å². The van der Waals surface area contributed by atoms with E-state index in [2.05, 4.69) is 15.6 Å². The fourth-order valence-electron chi connectivity index (χ4n) is 2.07. The first-order valence-electron chi connectivity index (χ1n) is 7.71. The average Bonchev–Trinajstić information content (AvgIpc) is 2.52. The number of hydrogen-bond donors (Lipinski definition) is 2. The Hall–Kier alpha value is -2.11. The first-order chi connectivity index (χ1) is 10.5. The zero-order valence-electron chi connectivity index (χ0n) is 13.8. The highest BCUT2D eigenvalue weighted by Crippen LogP contribution is 2.04. The second kappa shape index (κ2) is 9.02. The van der Waals surface area contributed by atoms with E-state index in [4.69, 9.17) is 0 Å². The van der Waals surface area contributed by atoms with Crippen molar-refractivity contribution in [3.63, 3.8) is 0 Å². The Kier molecular flexibility index (Phi) is 7.36. The largest absolute Gasteiger partial charge is 0.350 e. The summed E-state index contributed by atoms with van der Waals surface area (Å²) in [6.07, 6.45) is 3.39. The number of carbonyl (C=O) groups is 2. The molecule has 0 aromatic carbocycles. The lowest BCUT2D eigenvalue weighted by molar-refractivity contribution is -0.124. The Morgan fingerprint density at radius 1 is 1.27 bits per heavy atom. The van der Waals surface area contributed by atoms with Gasteiger partial charge in [-0.3, -0.25) is 9.78 Å². The molecule has 0 aliphatic heterocycles. The van der Waals surface area contributed by atoms with E-state index in [1.165, 1.54) is 0 Å². The first kappa shape index (κ1) is 17.9. The quantitative estimate of drug-likeness (QED) is 0.806. The van der Waals surface area contributed by atoms with Crippen LogP contribution in [0.25, 0.3) is 0 Å². The number of carbonyl (C=O) groups excluding carboxylic acids is 2. The molecule has 0 fully saturated rings. The Morgan fingerprint density at radius 3 is 2.45 bits per heavy atom. The molecule has 0 bridgehead atoms. The molecule has 122 valence electrons.